The number of carbonyl (C=O) groups excluding carboxylic acids is 1. The molecule has 5 heterocycles. The minimum Gasteiger partial charge on any atom is -0.480 e. The zero-order chi connectivity index (χ0) is 18.8. The molecule has 0 unspecified atom stereocenters. The van der Waals surface area contributed by atoms with E-state index in [1.807, 2.05) is 29.2 Å². The summed E-state index contributed by atoms with van der Waals surface area (Å²) in [5.74, 6) is 0.431. The first-order valence-electron chi connectivity index (χ1n) is 9.09. The number of pyridine rings is 2. The van der Waals surface area contributed by atoms with Gasteiger partial charge in [0.2, 0.25) is 11.8 Å². The number of aromatic nitrogens is 2. The Morgan fingerprint density at radius 1 is 1.22 bits per heavy atom. The van der Waals surface area contributed by atoms with Crippen molar-refractivity contribution in [2.24, 2.45) is 5.92 Å². The van der Waals surface area contributed by atoms with Crippen molar-refractivity contribution in [1.82, 2.24) is 14.9 Å². The van der Waals surface area contributed by atoms with Crippen molar-refractivity contribution in [3.05, 3.63) is 47.9 Å². The highest BCUT2D eigenvalue weighted by Crippen LogP contribution is 2.35. The third-order valence-electron chi connectivity index (χ3n) is 5.39. The Morgan fingerprint density at radius 3 is 2.85 bits per heavy atom. The molecule has 5 rings (SSSR count). The maximum atomic E-state index is 13.0. The zero-order valence-electron chi connectivity index (χ0n) is 15.2. The van der Waals surface area contributed by atoms with E-state index in [9.17, 15) is 10.1 Å². The molecule has 138 valence electrons. The van der Waals surface area contributed by atoms with E-state index >= 15 is 0 Å². The topological polar surface area (TPSA) is 82.3 Å². The Morgan fingerprint density at radius 2 is 2.11 bits per heavy atom. The van der Waals surface area contributed by atoms with Crippen molar-refractivity contribution in [3.8, 4) is 11.9 Å². The largest absolute Gasteiger partial charge is 0.480 e. The molecule has 2 bridgehead atoms. The van der Waals surface area contributed by atoms with Crippen molar-refractivity contribution in [2.75, 3.05) is 25.1 Å². The maximum absolute atomic E-state index is 13.0. The van der Waals surface area contributed by atoms with Gasteiger partial charge < -0.3 is 14.5 Å². The molecule has 3 saturated heterocycles. The van der Waals surface area contributed by atoms with Gasteiger partial charge in [-0.15, -0.1) is 0 Å². The van der Waals surface area contributed by atoms with Crippen LogP contribution in [0.15, 0.2) is 36.7 Å². The van der Waals surface area contributed by atoms with Crippen molar-refractivity contribution in [2.45, 2.75) is 25.4 Å². The smallest absolute Gasteiger partial charge is 0.233 e. The van der Waals surface area contributed by atoms with Crippen LogP contribution in [0, 0.1) is 17.2 Å². The summed E-state index contributed by atoms with van der Waals surface area (Å²) in [5, 5.41) is 9.60. The lowest BCUT2D eigenvalue weighted by molar-refractivity contribution is -0.140. The molecule has 1 amide bonds. The second-order valence-corrected chi connectivity index (χ2v) is 6.95. The lowest BCUT2D eigenvalue weighted by Crippen LogP contribution is -2.47. The average molecular weight is 363 g/mol. The summed E-state index contributed by atoms with van der Waals surface area (Å²) in [7, 11) is 1.51. The second-order valence-electron chi connectivity index (χ2n) is 6.95. The second kappa shape index (κ2) is 7.23. The Bertz CT molecular complexity index is 880. The Balaban J connectivity index is 1.64. The predicted octanol–water partition coefficient (Wildman–Crippen LogP) is 1.98. The first-order valence-corrected chi connectivity index (χ1v) is 9.09. The molecular weight excluding hydrogens is 342 g/mol. The monoisotopic (exact) mass is 363 g/mol. The number of nitrogens with zero attached hydrogens (tertiary/aromatic N) is 5. The molecular formula is C20H21N5O2. The first-order chi connectivity index (χ1) is 13.2. The van der Waals surface area contributed by atoms with Gasteiger partial charge in [-0.1, -0.05) is 6.07 Å². The van der Waals surface area contributed by atoms with Crippen LogP contribution in [0.4, 0.5) is 5.69 Å². The summed E-state index contributed by atoms with van der Waals surface area (Å²) in [6.45, 7) is 1.83. The van der Waals surface area contributed by atoms with Gasteiger partial charge in [0.15, 0.2) is 0 Å². The van der Waals surface area contributed by atoms with E-state index in [0.717, 1.165) is 24.2 Å². The number of carbonyl (C=O) groups is 1. The molecule has 0 spiro atoms. The molecule has 0 aromatic carbocycles. The molecule has 3 fully saturated rings. The Kier molecular flexibility index (Phi) is 4.63. The summed E-state index contributed by atoms with van der Waals surface area (Å²) in [6, 6.07) is 9.91. The molecule has 3 aliphatic rings. The fourth-order valence-electron chi connectivity index (χ4n) is 4.07. The Labute approximate surface area is 158 Å². The molecule has 0 N–H and O–H groups in total. The minimum absolute atomic E-state index is 0.0711. The van der Waals surface area contributed by atoms with Gasteiger partial charge in [-0.25, -0.2) is 4.98 Å². The fourth-order valence-corrected chi connectivity index (χ4v) is 4.07. The van der Waals surface area contributed by atoms with Crippen molar-refractivity contribution >= 4 is 11.6 Å². The molecule has 2 atom stereocenters. The highest BCUT2D eigenvalue weighted by atomic mass is 16.5. The lowest BCUT2D eigenvalue weighted by atomic mass is 9.94. The highest BCUT2D eigenvalue weighted by Gasteiger charge is 2.41. The lowest BCUT2D eigenvalue weighted by Gasteiger charge is -2.35. The molecule has 0 radical (unpaired) electrons. The Hall–Kier alpha value is -3.14. The van der Waals surface area contributed by atoms with Crippen molar-refractivity contribution < 1.29 is 9.53 Å². The van der Waals surface area contributed by atoms with Gasteiger partial charge in [0, 0.05) is 31.5 Å². The van der Waals surface area contributed by atoms with Crippen LogP contribution >= 0.6 is 0 Å². The van der Waals surface area contributed by atoms with Gasteiger partial charge in [-0.3, -0.25) is 9.78 Å². The van der Waals surface area contributed by atoms with E-state index in [-0.39, 0.29) is 17.9 Å². The summed E-state index contributed by atoms with van der Waals surface area (Å²) < 4.78 is 5.24. The van der Waals surface area contributed by atoms with Gasteiger partial charge >= 0.3 is 0 Å². The fraction of sp³-hybridized carbons (Fsp3) is 0.400. The third-order valence-corrected chi connectivity index (χ3v) is 5.39. The molecule has 7 nitrogen and oxygen atoms in total. The van der Waals surface area contributed by atoms with Crippen molar-refractivity contribution in [1.29, 1.82) is 5.26 Å². The summed E-state index contributed by atoms with van der Waals surface area (Å²) >= 11 is 0. The standard InChI is InChI=1S/C20H21N5O2/c1-27-19-17(10-21)18(7-9-23-19)24-11-14-5-6-16(13-24)25(20(14)26)12-15-4-2-3-8-22-15/h2-4,7-9,14,16H,5-6,11-13H2,1H3/t14-,16+/m1/s1. The zero-order valence-corrected chi connectivity index (χ0v) is 15.2. The van der Waals surface area contributed by atoms with Gasteiger partial charge in [-0.05, 0) is 31.0 Å². The molecule has 2 aromatic heterocycles. The maximum Gasteiger partial charge on any atom is 0.233 e. The average Bonchev–Trinajstić information content (AvgIpc) is 3.00. The quantitative estimate of drug-likeness (QED) is 0.826. The van der Waals surface area contributed by atoms with Crippen LogP contribution in [0.1, 0.15) is 24.1 Å². The SMILES string of the molecule is COc1nccc(N2C[C@H]3CC[C@@H](C2)N(Cc2ccccn2)C3=O)c1C#N. The number of ether oxygens (including phenoxy) is 1. The van der Waals surface area contributed by atoms with Crippen molar-refractivity contribution in [3.63, 3.8) is 0 Å². The number of piperidine rings is 1. The van der Waals surface area contributed by atoms with Crippen LogP contribution in [-0.2, 0) is 11.3 Å². The predicted molar refractivity (Wildman–Crippen MR) is 99.0 cm³/mol. The molecule has 0 aliphatic carbocycles. The minimum atomic E-state index is -0.0711. The van der Waals surface area contributed by atoms with Gasteiger partial charge in [0.25, 0.3) is 0 Å². The van der Waals surface area contributed by atoms with Gasteiger partial charge in [-0.2, -0.15) is 5.26 Å². The summed E-state index contributed by atoms with van der Waals surface area (Å²) in [5.41, 5.74) is 2.10. The summed E-state index contributed by atoms with van der Waals surface area (Å²) in [4.78, 5) is 25.6. The molecule has 7 heteroatoms. The number of nitriles is 1. The number of hydrogen-bond acceptors (Lipinski definition) is 6. The number of amides is 1. The molecule has 27 heavy (non-hydrogen) atoms. The van der Waals surface area contributed by atoms with Crippen LogP contribution in [0.3, 0.4) is 0 Å². The third kappa shape index (κ3) is 3.19. The summed E-state index contributed by atoms with van der Waals surface area (Å²) in [6.07, 6.45) is 5.24. The van der Waals surface area contributed by atoms with Gasteiger partial charge in [0.05, 0.1) is 31.0 Å². The van der Waals surface area contributed by atoms with E-state index in [1.165, 1.54) is 7.11 Å². The van der Waals surface area contributed by atoms with E-state index in [0.29, 0.717) is 31.1 Å². The van der Waals surface area contributed by atoms with E-state index in [1.54, 1.807) is 12.4 Å². The number of anilines is 1. The number of fused-ring (bicyclic) bond motifs is 4. The van der Waals surface area contributed by atoms with Crippen LogP contribution in [0.2, 0.25) is 0 Å². The van der Waals surface area contributed by atoms with Crippen LogP contribution in [0.25, 0.3) is 0 Å². The molecule has 3 aliphatic heterocycles. The highest BCUT2D eigenvalue weighted by molar-refractivity contribution is 5.82. The number of rotatable bonds is 4. The normalized spacial score (nSPS) is 21.7. The first kappa shape index (κ1) is 17.3. The van der Waals surface area contributed by atoms with E-state index in [4.69, 9.17) is 4.74 Å². The van der Waals surface area contributed by atoms with Gasteiger partial charge in [0.1, 0.15) is 11.6 Å². The number of hydrogen-bond donors (Lipinski definition) is 0. The molecule has 0 saturated carbocycles. The van der Waals surface area contributed by atoms with Crippen LogP contribution in [-0.4, -0.2) is 47.0 Å². The van der Waals surface area contributed by atoms with E-state index < -0.39 is 0 Å². The number of methoxy groups -OCH3 is 1. The molecule has 2 aromatic rings. The van der Waals surface area contributed by atoms with E-state index in [2.05, 4.69) is 20.9 Å². The van der Waals surface area contributed by atoms with Crippen LogP contribution in [0.5, 0.6) is 5.88 Å². The van der Waals surface area contributed by atoms with Crippen LogP contribution < -0.4 is 9.64 Å².